The van der Waals surface area contributed by atoms with Crippen LogP contribution in [0, 0.1) is 19.8 Å². The third-order valence-electron chi connectivity index (χ3n) is 3.90. The van der Waals surface area contributed by atoms with E-state index in [2.05, 4.69) is 31.1 Å². The lowest BCUT2D eigenvalue weighted by atomic mass is 9.95. The molecule has 0 aliphatic heterocycles. The molecule has 1 aliphatic carbocycles. The van der Waals surface area contributed by atoms with Crippen molar-refractivity contribution in [1.82, 2.24) is 10.3 Å². The molecule has 0 bridgehead atoms. The molecule has 1 atom stereocenters. The molecule has 1 fully saturated rings. The van der Waals surface area contributed by atoms with E-state index in [1.165, 1.54) is 41.3 Å². The number of hydrogen-bond acceptors (Lipinski definition) is 3. The maximum absolute atomic E-state index is 4.68. The molecule has 0 amide bonds. The Balaban J connectivity index is 2.01. The number of hydrogen-bond donors (Lipinski definition) is 1. The van der Waals surface area contributed by atoms with Gasteiger partial charge in [-0.25, -0.2) is 4.98 Å². The van der Waals surface area contributed by atoms with Crippen LogP contribution in [0.15, 0.2) is 0 Å². The average molecular weight is 252 g/mol. The average Bonchev–Trinajstić information content (AvgIpc) is 2.89. The molecular weight excluding hydrogens is 228 g/mol. The first-order chi connectivity index (χ1) is 8.20. The highest BCUT2D eigenvalue weighted by atomic mass is 32.1. The molecule has 3 heteroatoms. The quantitative estimate of drug-likeness (QED) is 0.868. The zero-order valence-electron chi connectivity index (χ0n) is 11.3. The molecule has 0 radical (unpaired) electrons. The van der Waals surface area contributed by atoms with Crippen molar-refractivity contribution in [3.63, 3.8) is 0 Å². The second-order valence-electron chi connectivity index (χ2n) is 5.16. The van der Waals surface area contributed by atoms with Gasteiger partial charge in [0.2, 0.25) is 0 Å². The Morgan fingerprint density at radius 2 is 2.06 bits per heavy atom. The van der Waals surface area contributed by atoms with Gasteiger partial charge in [0.15, 0.2) is 0 Å². The van der Waals surface area contributed by atoms with E-state index in [-0.39, 0.29) is 0 Å². The van der Waals surface area contributed by atoms with Crippen LogP contribution in [-0.2, 0) is 6.42 Å². The number of aryl methyl sites for hydroxylation is 2. The lowest BCUT2D eigenvalue weighted by Crippen LogP contribution is -2.36. The molecule has 1 aromatic rings. The fourth-order valence-corrected chi connectivity index (χ4v) is 3.83. The van der Waals surface area contributed by atoms with Crippen molar-refractivity contribution in [2.24, 2.45) is 5.92 Å². The highest BCUT2D eigenvalue weighted by Gasteiger charge is 2.25. The maximum Gasteiger partial charge on any atom is 0.0946 e. The van der Waals surface area contributed by atoms with Crippen LogP contribution in [0.25, 0.3) is 0 Å². The van der Waals surface area contributed by atoms with E-state index in [9.17, 15) is 0 Å². The van der Waals surface area contributed by atoms with E-state index in [4.69, 9.17) is 0 Å². The van der Waals surface area contributed by atoms with Crippen molar-refractivity contribution in [3.8, 4) is 0 Å². The Kier molecular flexibility index (Phi) is 4.57. The van der Waals surface area contributed by atoms with Crippen molar-refractivity contribution in [3.05, 3.63) is 15.6 Å². The van der Waals surface area contributed by atoms with Gasteiger partial charge in [-0.3, -0.25) is 0 Å². The first-order valence-electron chi connectivity index (χ1n) is 6.87. The molecular formula is C14H24N2S. The van der Waals surface area contributed by atoms with Crippen LogP contribution < -0.4 is 5.32 Å². The highest BCUT2D eigenvalue weighted by molar-refractivity contribution is 7.11. The van der Waals surface area contributed by atoms with Crippen LogP contribution in [0.1, 0.15) is 48.2 Å². The summed E-state index contributed by atoms with van der Waals surface area (Å²) in [5, 5.41) is 4.99. The van der Waals surface area contributed by atoms with Gasteiger partial charge in [0.25, 0.3) is 0 Å². The van der Waals surface area contributed by atoms with Crippen molar-refractivity contribution < 1.29 is 0 Å². The van der Waals surface area contributed by atoms with E-state index < -0.39 is 0 Å². The summed E-state index contributed by atoms with van der Waals surface area (Å²) in [5.74, 6) is 0.875. The highest BCUT2D eigenvalue weighted by Crippen LogP contribution is 2.30. The summed E-state index contributed by atoms with van der Waals surface area (Å²) in [5.41, 5.74) is 1.21. The third-order valence-corrected chi connectivity index (χ3v) is 5.00. The molecule has 1 N–H and O–H groups in total. The Bertz CT molecular complexity index is 334. The molecule has 2 rings (SSSR count). The van der Waals surface area contributed by atoms with Crippen LogP contribution in [0.3, 0.4) is 0 Å². The number of rotatable bonds is 5. The number of likely N-dealkylation sites (N-methyl/N-ethyl adjacent to an activating group) is 1. The summed E-state index contributed by atoms with van der Waals surface area (Å²) >= 11 is 1.88. The predicted molar refractivity (Wildman–Crippen MR) is 74.7 cm³/mol. The SMILES string of the molecule is CCNC(Cc1nc(C)c(C)s1)C1CCCC1. The van der Waals surface area contributed by atoms with Crippen LogP contribution in [0.5, 0.6) is 0 Å². The summed E-state index contributed by atoms with van der Waals surface area (Å²) < 4.78 is 0. The Labute approximate surface area is 109 Å². The van der Waals surface area contributed by atoms with Crippen molar-refractivity contribution in [2.75, 3.05) is 6.54 Å². The lowest BCUT2D eigenvalue weighted by molar-refractivity contribution is 0.362. The monoisotopic (exact) mass is 252 g/mol. The van der Waals surface area contributed by atoms with Crippen molar-refractivity contribution in [1.29, 1.82) is 0 Å². The van der Waals surface area contributed by atoms with Gasteiger partial charge in [0, 0.05) is 17.3 Å². The van der Waals surface area contributed by atoms with Gasteiger partial charge in [0.1, 0.15) is 0 Å². The molecule has 1 aliphatic rings. The third kappa shape index (κ3) is 3.29. The van der Waals surface area contributed by atoms with Gasteiger partial charge in [0.05, 0.1) is 10.7 Å². The van der Waals surface area contributed by atoms with Gasteiger partial charge in [-0.05, 0) is 39.2 Å². The summed E-state index contributed by atoms with van der Waals surface area (Å²) in [6.07, 6.45) is 6.77. The zero-order chi connectivity index (χ0) is 12.3. The summed E-state index contributed by atoms with van der Waals surface area (Å²) in [6.45, 7) is 7.58. The second kappa shape index (κ2) is 5.96. The fourth-order valence-electron chi connectivity index (χ4n) is 2.84. The van der Waals surface area contributed by atoms with Crippen LogP contribution in [0.4, 0.5) is 0 Å². The van der Waals surface area contributed by atoms with Crippen molar-refractivity contribution in [2.45, 2.75) is 58.9 Å². The molecule has 17 heavy (non-hydrogen) atoms. The lowest BCUT2D eigenvalue weighted by Gasteiger charge is -2.23. The standard InChI is InChI=1S/C14H24N2S/c1-4-15-13(12-7-5-6-8-12)9-14-16-10(2)11(3)17-14/h12-13,15H,4-9H2,1-3H3. The maximum atomic E-state index is 4.68. The molecule has 0 spiro atoms. The topological polar surface area (TPSA) is 24.9 Å². The molecule has 2 nitrogen and oxygen atoms in total. The Morgan fingerprint density at radius 3 is 2.59 bits per heavy atom. The van der Waals surface area contributed by atoms with Gasteiger partial charge < -0.3 is 5.32 Å². The number of nitrogens with one attached hydrogen (secondary N) is 1. The number of nitrogens with zero attached hydrogens (tertiary/aromatic N) is 1. The van der Waals surface area contributed by atoms with E-state index >= 15 is 0 Å². The van der Waals surface area contributed by atoms with Gasteiger partial charge >= 0.3 is 0 Å². The van der Waals surface area contributed by atoms with E-state index in [1.54, 1.807) is 0 Å². The summed E-state index contributed by atoms with van der Waals surface area (Å²) in [4.78, 5) is 6.06. The minimum absolute atomic E-state index is 0.646. The largest absolute Gasteiger partial charge is 0.314 e. The zero-order valence-corrected chi connectivity index (χ0v) is 12.1. The van der Waals surface area contributed by atoms with E-state index in [1.807, 2.05) is 11.3 Å². The Morgan fingerprint density at radius 1 is 1.35 bits per heavy atom. The van der Waals surface area contributed by atoms with Crippen LogP contribution >= 0.6 is 11.3 Å². The smallest absolute Gasteiger partial charge is 0.0946 e. The number of aromatic nitrogens is 1. The van der Waals surface area contributed by atoms with Gasteiger partial charge in [-0.15, -0.1) is 11.3 Å². The normalized spacial score (nSPS) is 18.8. The molecule has 1 heterocycles. The first-order valence-corrected chi connectivity index (χ1v) is 7.68. The molecule has 1 unspecified atom stereocenters. The van der Waals surface area contributed by atoms with Gasteiger partial charge in [-0.2, -0.15) is 0 Å². The first kappa shape index (κ1) is 13.0. The molecule has 96 valence electrons. The number of thiazole rings is 1. The van der Waals surface area contributed by atoms with Gasteiger partial charge in [-0.1, -0.05) is 19.8 Å². The van der Waals surface area contributed by atoms with E-state index in [0.29, 0.717) is 6.04 Å². The molecule has 1 aromatic heterocycles. The summed E-state index contributed by atoms with van der Waals surface area (Å²) in [6, 6.07) is 0.646. The minimum Gasteiger partial charge on any atom is -0.314 e. The van der Waals surface area contributed by atoms with Crippen LogP contribution in [-0.4, -0.2) is 17.6 Å². The Hall–Kier alpha value is -0.410. The molecule has 1 saturated carbocycles. The minimum atomic E-state index is 0.646. The van der Waals surface area contributed by atoms with Crippen molar-refractivity contribution >= 4 is 11.3 Å². The van der Waals surface area contributed by atoms with Crippen LogP contribution in [0.2, 0.25) is 0 Å². The van der Waals surface area contributed by atoms with E-state index in [0.717, 1.165) is 18.9 Å². The molecule has 0 saturated heterocycles. The summed E-state index contributed by atoms with van der Waals surface area (Å²) in [7, 11) is 0. The molecule has 0 aromatic carbocycles. The fraction of sp³-hybridized carbons (Fsp3) is 0.786. The predicted octanol–water partition coefficient (Wildman–Crippen LogP) is 3.47. The second-order valence-corrected chi connectivity index (χ2v) is 6.45.